The maximum atomic E-state index is 11.0. The van der Waals surface area contributed by atoms with Crippen LogP contribution in [0.15, 0.2) is 34.7 Å². The van der Waals surface area contributed by atoms with Gasteiger partial charge in [-0.25, -0.2) is 4.79 Å². The second kappa shape index (κ2) is 6.03. The molecule has 0 saturated carbocycles. The summed E-state index contributed by atoms with van der Waals surface area (Å²) in [4.78, 5) is 11.0. The second-order valence-electron chi connectivity index (χ2n) is 2.77. The molecule has 0 atom stereocenters. The first-order chi connectivity index (χ1) is 7.26. The van der Waals surface area contributed by atoms with Crippen LogP contribution in [-0.4, -0.2) is 12.6 Å². The van der Waals surface area contributed by atoms with Gasteiger partial charge in [-0.2, -0.15) is 4.36 Å². The number of hydrogen-bond donors (Lipinski definition) is 0. The second-order valence-corrected chi connectivity index (χ2v) is 2.95. The molecule has 0 aliphatic rings. The largest absolute Gasteiger partial charge is 0.463 e. The number of carbonyl (C=O) groups excluding carboxylic acids is 1. The Balaban J connectivity index is 2.64. The summed E-state index contributed by atoms with van der Waals surface area (Å²) in [6, 6.07) is 7.25. The molecule has 0 spiro atoms. The molecule has 0 heterocycles. The van der Waals surface area contributed by atoms with Gasteiger partial charge in [-0.05, 0) is 30.7 Å². The van der Waals surface area contributed by atoms with E-state index >= 15 is 0 Å². The van der Waals surface area contributed by atoms with Gasteiger partial charge < -0.3 is 4.74 Å². The fourth-order valence-electron chi connectivity index (χ4n) is 1.00. The Morgan fingerprint density at radius 3 is 2.67 bits per heavy atom. The minimum absolute atomic E-state index is 0.338. The Morgan fingerprint density at radius 2 is 2.13 bits per heavy atom. The van der Waals surface area contributed by atoms with E-state index in [0.717, 1.165) is 11.3 Å². The average molecular weight is 221 g/mol. The van der Waals surface area contributed by atoms with Crippen molar-refractivity contribution in [1.82, 2.24) is 0 Å². The van der Waals surface area contributed by atoms with Crippen molar-refractivity contribution in [3.05, 3.63) is 35.9 Å². The molecule has 15 heavy (non-hydrogen) atoms. The summed E-state index contributed by atoms with van der Waals surface area (Å²) in [5, 5.41) is 0. The van der Waals surface area contributed by atoms with Gasteiger partial charge >= 0.3 is 5.97 Å². The van der Waals surface area contributed by atoms with Crippen LogP contribution >= 0.6 is 0 Å². The van der Waals surface area contributed by atoms with Gasteiger partial charge in [0, 0.05) is 18.5 Å². The molecule has 0 N–H and O–H groups in total. The van der Waals surface area contributed by atoms with E-state index in [-0.39, 0.29) is 5.97 Å². The first kappa shape index (κ1) is 11.5. The van der Waals surface area contributed by atoms with Crippen LogP contribution in [0.1, 0.15) is 12.5 Å². The lowest BCUT2D eigenvalue weighted by atomic mass is 10.2. The third kappa shape index (κ3) is 3.99. The first-order valence-corrected chi connectivity index (χ1v) is 4.91. The van der Waals surface area contributed by atoms with Crippen molar-refractivity contribution in [3.8, 4) is 0 Å². The lowest BCUT2D eigenvalue weighted by Gasteiger charge is -1.95. The first-order valence-electron chi connectivity index (χ1n) is 4.54. The van der Waals surface area contributed by atoms with Crippen molar-refractivity contribution in [2.75, 3.05) is 6.61 Å². The molecule has 1 rings (SSSR count). The van der Waals surface area contributed by atoms with Gasteiger partial charge in [-0.3, -0.25) is 0 Å². The molecule has 1 aromatic rings. The maximum Gasteiger partial charge on any atom is 0.330 e. The lowest BCUT2D eigenvalue weighted by molar-refractivity contribution is -0.137. The van der Waals surface area contributed by atoms with Crippen LogP contribution in [0, 0.1) is 0 Å². The Bertz CT molecular complexity index is 371. The van der Waals surface area contributed by atoms with Crippen molar-refractivity contribution in [2.24, 2.45) is 4.36 Å². The van der Waals surface area contributed by atoms with Crippen LogP contribution in [0.25, 0.3) is 6.08 Å². The zero-order chi connectivity index (χ0) is 11.1. The number of ether oxygens (including phenoxy) is 1. The van der Waals surface area contributed by atoms with Gasteiger partial charge in [0.2, 0.25) is 0 Å². The van der Waals surface area contributed by atoms with Crippen molar-refractivity contribution in [3.63, 3.8) is 0 Å². The highest BCUT2D eigenvalue weighted by Crippen LogP contribution is 2.12. The topological polar surface area (TPSA) is 38.7 Å². The lowest BCUT2D eigenvalue weighted by Crippen LogP contribution is -1.98. The molecule has 0 aliphatic heterocycles. The number of rotatable bonds is 4. The van der Waals surface area contributed by atoms with Crippen LogP contribution in [0.5, 0.6) is 0 Å². The van der Waals surface area contributed by atoms with E-state index < -0.39 is 0 Å². The van der Waals surface area contributed by atoms with Gasteiger partial charge in [0.25, 0.3) is 0 Å². The fraction of sp³-hybridized carbons (Fsp3) is 0.182. The van der Waals surface area contributed by atoms with Gasteiger partial charge in [0.05, 0.1) is 12.3 Å². The highest BCUT2D eigenvalue weighted by molar-refractivity contribution is 7.47. The van der Waals surface area contributed by atoms with Crippen LogP contribution in [-0.2, 0) is 22.0 Å². The molecule has 0 saturated heterocycles. The molecule has 0 unspecified atom stereocenters. The van der Waals surface area contributed by atoms with Crippen LogP contribution in [0.3, 0.4) is 0 Å². The number of esters is 1. The van der Waals surface area contributed by atoms with Gasteiger partial charge in [-0.15, -0.1) is 0 Å². The molecule has 3 nitrogen and oxygen atoms in total. The van der Waals surface area contributed by atoms with Crippen molar-refractivity contribution in [2.45, 2.75) is 6.92 Å². The maximum absolute atomic E-state index is 11.0. The predicted octanol–water partition coefficient (Wildman–Crippen LogP) is 2.62. The molecule has 0 aromatic heterocycles. The van der Waals surface area contributed by atoms with Crippen LogP contribution in [0.2, 0.25) is 0 Å². The molecule has 0 amide bonds. The summed E-state index contributed by atoms with van der Waals surface area (Å²) in [5.41, 5.74) is 1.64. The Kier molecular flexibility index (Phi) is 4.63. The van der Waals surface area contributed by atoms with Crippen LogP contribution in [0.4, 0.5) is 5.69 Å². The zero-order valence-corrected chi connectivity index (χ0v) is 9.16. The summed E-state index contributed by atoms with van der Waals surface area (Å²) >= 11 is 4.54. The van der Waals surface area contributed by atoms with Crippen molar-refractivity contribution < 1.29 is 9.53 Å². The number of benzene rings is 1. The normalized spacial score (nSPS) is 10.2. The van der Waals surface area contributed by atoms with E-state index in [2.05, 4.69) is 16.8 Å². The highest BCUT2D eigenvalue weighted by atomic mass is 32.1. The van der Waals surface area contributed by atoms with Crippen LogP contribution < -0.4 is 0 Å². The molecular weight excluding hydrogens is 210 g/mol. The third-order valence-electron chi connectivity index (χ3n) is 1.70. The van der Waals surface area contributed by atoms with Gasteiger partial charge in [0.15, 0.2) is 0 Å². The van der Waals surface area contributed by atoms with Crippen molar-refractivity contribution in [1.29, 1.82) is 0 Å². The Morgan fingerprint density at radius 1 is 1.47 bits per heavy atom. The number of nitrogens with zero attached hydrogens (tertiary/aromatic N) is 1. The van der Waals surface area contributed by atoms with E-state index in [4.69, 9.17) is 4.74 Å². The Hall–Kier alpha value is -1.55. The molecule has 0 bridgehead atoms. The molecule has 1 aromatic carbocycles. The summed E-state index contributed by atoms with van der Waals surface area (Å²) in [5.74, 6) is -0.338. The molecule has 78 valence electrons. The fourth-order valence-corrected chi connectivity index (χ4v) is 1.12. The number of carbonyl (C=O) groups is 1. The number of hydrogen-bond acceptors (Lipinski definition) is 4. The standard InChI is InChI=1S/C11H11NO2S/c1-2-14-11(13)8-5-9-3-6-10(12-15)7-4-9/h3-8H,2H2,1H3/b8-5+. The van der Waals surface area contributed by atoms with Gasteiger partial charge in [0.1, 0.15) is 0 Å². The molecule has 4 heteroatoms. The monoisotopic (exact) mass is 221 g/mol. The average Bonchev–Trinajstić information content (AvgIpc) is 2.27. The highest BCUT2D eigenvalue weighted by Gasteiger charge is 1.94. The predicted molar refractivity (Wildman–Crippen MR) is 61.6 cm³/mol. The summed E-state index contributed by atoms with van der Waals surface area (Å²) in [6.45, 7) is 2.16. The zero-order valence-electron chi connectivity index (χ0n) is 8.34. The summed E-state index contributed by atoms with van der Waals surface area (Å²) in [6.07, 6.45) is 3.08. The minimum atomic E-state index is -0.338. The van der Waals surface area contributed by atoms with E-state index in [9.17, 15) is 4.79 Å². The molecule has 0 radical (unpaired) electrons. The van der Waals surface area contributed by atoms with E-state index in [0.29, 0.717) is 6.61 Å². The van der Waals surface area contributed by atoms with E-state index in [1.54, 1.807) is 25.1 Å². The van der Waals surface area contributed by atoms with E-state index in [1.165, 1.54) is 6.08 Å². The summed E-state index contributed by atoms with van der Waals surface area (Å²) in [7, 11) is 0. The quantitative estimate of drug-likeness (QED) is 0.579. The van der Waals surface area contributed by atoms with Crippen molar-refractivity contribution >= 4 is 30.2 Å². The molecule has 0 aliphatic carbocycles. The minimum Gasteiger partial charge on any atom is -0.463 e. The van der Waals surface area contributed by atoms with Gasteiger partial charge in [-0.1, -0.05) is 12.1 Å². The Labute approximate surface area is 93.9 Å². The SMILES string of the molecule is CCOC(=O)/C=C/c1ccc(N=S)cc1. The molecule has 0 fully saturated rings. The van der Waals surface area contributed by atoms with E-state index in [1.807, 2.05) is 12.1 Å². The summed E-state index contributed by atoms with van der Waals surface area (Å²) < 4.78 is 8.35. The molecular formula is C11H11NO2S. The third-order valence-corrected chi connectivity index (χ3v) is 1.91. The smallest absolute Gasteiger partial charge is 0.330 e.